The predicted octanol–water partition coefficient (Wildman–Crippen LogP) is 5.36. The van der Waals surface area contributed by atoms with E-state index in [-0.39, 0.29) is 5.78 Å². The molecular weight excluding hydrogens is 482 g/mol. The summed E-state index contributed by atoms with van der Waals surface area (Å²) in [4.78, 5) is 25.4. The van der Waals surface area contributed by atoms with Gasteiger partial charge in [0.25, 0.3) is 0 Å². The topological polar surface area (TPSA) is 75.5 Å². The number of Topliss-reactive ketones (excluding diaryl/α,β-unsaturated/α-hetero) is 1. The normalized spacial score (nSPS) is 16.3. The van der Waals surface area contributed by atoms with Gasteiger partial charge in [-0.2, -0.15) is 0 Å². The van der Waals surface area contributed by atoms with Crippen LogP contribution in [0.1, 0.15) is 44.9 Å². The lowest BCUT2D eigenvalue weighted by Gasteiger charge is -2.39. The van der Waals surface area contributed by atoms with E-state index in [9.17, 15) is 9.90 Å². The van der Waals surface area contributed by atoms with E-state index in [1.54, 1.807) is 6.20 Å². The summed E-state index contributed by atoms with van der Waals surface area (Å²) in [5.41, 5.74) is 4.07. The summed E-state index contributed by atoms with van der Waals surface area (Å²) in [7, 11) is 0. The van der Waals surface area contributed by atoms with Crippen molar-refractivity contribution in [2.24, 2.45) is 0 Å². The van der Waals surface area contributed by atoms with Crippen molar-refractivity contribution in [2.75, 3.05) is 24.6 Å². The fourth-order valence-corrected chi connectivity index (χ4v) is 6.22. The molecule has 4 aromatic rings. The van der Waals surface area contributed by atoms with Crippen molar-refractivity contribution in [3.05, 3.63) is 94.1 Å². The van der Waals surface area contributed by atoms with Gasteiger partial charge in [0.15, 0.2) is 5.78 Å². The first-order valence-electron chi connectivity index (χ1n) is 12.7. The second-order valence-electron chi connectivity index (χ2n) is 9.86. The van der Waals surface area contributed by atoms with Crippen molar-refractivity contribution in [1.82, 2.24) is 9.97 Å². The number of benzene rings is 2. The van der Waals surface area contributed by atoms with Gasteiger partial charge in [0.2, 0.25) is 0 Å². The first-order chi connectivity index (χ1) is 18.0. The molecule has 0 amide bonds. The summed E-state index contributed by atoms with van der Waals surface area (Å²) in [6.45, 7) is 4.08. The maximum Gasteiger partial charge on any atom is 0.179 e. The molecule has 0 aliphatic carbocycles. The average molecular weight is 512 g/mol. The van der Waals surface area contributed by atoms with Crippen molar-refractivity contribution < 1.29 is 14.6 Å². The van der Waals surface area contributed by atoms with Gasteiger partial charge in [-0.1, -0.05) is 36.4 Å². The first kappa shape index (κ1) is 23.8. The lowest BCUT2D eigenvalue weighted by atomic mass is 9.84. The number of hydrogen-bond acceptors (Lipinski definition) is 7. The van der Waals surface area contributed by atoms with Crippen molar-refractivity contribution in [3.8, 4) is 16.3 Å². The third kappa shape index (κ3) is 4.77. The van der Waals surface area contributed by atoms with Gasteiger partial charge >= 0.3 is 0 Å². The van der Waals surface area contributed by atoms with Crippen LogP contribution in [-0.2, 0) is 18.4 Å². The second kappa shape index (κ2) is 9.72. The Hall–Kier alpha value is -3.55. The van der Waals surface area contributed by atoms with Crippen LogP contribution in [0.2, 0.25) is 0 Å². The lowest BCUT2D eigenvalue weighted by molar-refractivity contribution is 0.0116. The number of nitrogens with zero attached hydrogens (tertiary/aromatic N) is 3. The van der Waals surface area contributed by atoms with E-state index in [4.69, 9.17) is 9.72 Å². The molecule has 2 aromatic heterocycles. The second-order valence-corrected chi connectivity index (χ2v) is 10.9. The van der Waals surface area contributed by atoms with Crippen molar-refractivity contribution in [1.29, 1.82) is 0 Å². The van der Waals surface area contributed by atoms with Gasteiger partial charge in [-0.3, -0.25) is 4.79 Å². The number of rotatable bonds is 6. The third-order valence-electron chi connectivity index (χ3n) is 7.39. The summed E-state index contributed by atoms with van der Waals surface area (Å²) in [6, 6.07) is 20.0. The van der Waals surface area contributed by atoms with Gasteiger partial charge in [0.05, 0.1) is 22.8 Å². The zero-order chi connectivity index (χ0) is 25.4. The zero-order valence-electron chi connectivity index (χ0n) is 20.8. The van der Waals surface area contributed by atoms with E-state index in [2.05, 4.69) is 16.0 Å². The number of aryl methyl sites for hydroxylation is 1. The number of piperidine rings is 1. The first-order valence-corrected chi connectivity index (χ1v) is 13.5. The quantitative estimate of drug-likeness (QED) is 0.351. The van der Waals surface area contributed by atoms with Crippen LogP contribution in [0.25, 0.3) is 10.6 Å². The molecule has 6 nitrogen and oxygen atoms in total. The number of pyridine rings is 1. The molecule has 7 heteroatoms. The number of carbonyl (C=O) groups is 1. The third-order valence-corrected chi connectivity index (χ3v) is 8.63. The van der Waals surface area contributed by atoms with Gasteiger partial charge in [0, 0.05) is 37.7 Å². The lowest BCUT2D eigenvalue weighted by Crippen LogP contribution is -2.42. The van der Waals surface area contributed by atoms with Crippen LogP contribution >= 0.6 is 11.3 Å². The van der Waals surface area contributed by atoms with Crippen LogP contribution in [0.5, 0.6) is 5.75 Å². The SMILES string of the molecule is Cc1nc(-c2ccc3c(c2)CCO3)sc1C(=O)Cc1ccc(N2CCC(O)(c3ccccc3)CC2)nc1. The molecule has 188 valence electrons. The minimum absolute atomic E-state index is 0.0613. The van der Waals surface area contributed by atoms with Crippen LogP contribution in [-0.4, -0.2) is 40.6 Å². The molecule has 1 saturated heterocycles. The Kier molecular flexibility index (Phi) is 6.26. The van der Waals surface area contributed by atoms with Crippen LogP contribution in [0.15, 0.2) is 66.9 Å². The number of ketones is 1. The van der Waals surface area contributed by atoms with Crippen LogP contribution in [0.3, 0.4) is 0 Å². The molecular formula is C30H29N3O3S. The summed E-state index contributed by atoms with van der Waals surface area (Å²) >= 11 is 1.46. The number of ether oxygens (including phenoxy) is 1. The van der Waals surface area contributed by atoms with E-state index in [1.807, 2.05) is 61.5 Å². The van der Waals surface area contributed by atoms with Gasteiger partial charge in [-0.05, 0) is 60.7 Å². The molecule has 1 N–H and O–H groups in total. The Morgan fingerprint density at radius 1 is 1.11 bits per heavy atom. The highest BCUT2D eigenvalue weighted by Gasteiger charge is 2.34. The highest BCUT2D eigenvalue weighted by molar-refractivity contribution is 7.17. The number of anilines is 1. The summed E-state index contributed by atoms with van der Waals surface area (Å²) in [5, 5.41) is 12.0. The molecule has 0 radical (unpaired) electrons. The number of fused-ring (bicyclic) bond motifs is 1. The minimum Gasteiger partial charge on any atom is -0.493 e. The highest BCUT2D eigenvalue weighted by Crippen LogP contribution is 2.35. The molecule has 0 bridgehead atoms. The zero-order valence-corrected chi connectivity index (χ0v) is 21.6. The monoisotopic (exact) mass is 511 g/mol. The fourth-order valence-electron chi connectivity index (χ4n) is 5.21. The number of hydrogen-bond donors (Lipinski definition) is 1. The number of carbonyl (C=O) groups excluding carboxylic acids is 1. The van der Waals surface area contributed by atoms with E-state index in [1.165, 1.54) is 16.9 Å². The van der Waals surface area contributed by atoms with E-state index in [0.29, 0.717) is 24.1 Å². The fraction of sp³-hybridized carbons (Fsp3) is 0.300. The predicted molar refractivity (Wildman–Crippen MR) is 146 cm³/mol. The Bertz CT molecular complexity index is 1420. The van der Waals surface area contributed by atoms with Gasteiger partial charge < -0.3 is 14.7 Å². The van der Waals surface area contributed by atoms with Crippen molar-refractivity contribution >= 4 is 22.9 Å². The van der Waals surface area contributed by atoms with Gasteiger partial charge in [-0.25, -0.2) is 9.97 Å². The van der Waals surface area contributed by atoms with Gasteiger partial charge in [-0.15, -0.1) is 11.3 Å². The molecule has 4 heterocycles. The summed E-state index contributed by atoms with van der Waals surface area (Å²) < 4.78 is 5.61. The van der Waals surface area contributed by atoms with Crippen LogP contribution in [0.4, 0.5) is 5.82 Å². The maximum atomic E-state index is 13.1. The highest BCUT2D eigenvalue weighted by atomic mass is 32.1. The number of thiazole rings is 1. The minimum atomic E-state index is -0.789. The van der Waals surface area contributed by atoms with E-state index in [0.717, 1.165) is 65.1 Å². The maximum absolute atomic E-state index is 13.1. The Balaban J connectivity index is 1.10. The summed E-state index contributed by atoms with van der Waals surface area (Å²) in [5.74, 6) is 1.88. The Morgan fingerprint density at radius 2 is 1.92 bits per heavy atom. The molecule has 2 aliphatic rings. The average Bonchev–Trinajstić information content (AvgIpc) is 3.56. The molecule has 6 rings (SSSR count). The van der Waals surface area contributed by atoms with Gasteiger partial charge in [0.1, 0.15) is 16.6 Å². The standard InChI is InChI=1S/C30H29N3O3S/c1-20-28(37-29(32-20)23-8-9-26-22(18-23)11-16-36-26)25(34)17-21-7-10-27(31-19-21)33-14-12-30(35,13-15-33)24-5-3-2-4-6-24/h2-10,18-19,35H,11-17H2,1H3. The molecule has 37 heavy (non-hydrogen) atoms. The number of aromatic nitrogens is 2. The molecule has 0 atom stereocenters. The molecule has 0 unspecified atom stereocenters. The van der Waals surface area contributed by atoms with E-state index >= 15 is 0 Å². The Morgan fingerprint density at radius 3 is 2.68 bits per heavy atom. The Labute approximate surface area is 220 Å². The smallest absolute Gasteiger partial charge is 0.179 e. The number of aliphatic hydroxyl groups is 1. The van der Waals surface area contributed by atoms with Crippen LogP contribution in [0, 0.1) is 6.92 Å². The largest absolute Gasteiger partial charge is 0.493 e. The van der Waals surface area contributed by atoms with Crippen LogP contribution < -0.4 is 9.64 Å². The molecule has 0 spiro atoms. The molecule has 0 saturated carbocycles. The molecule has 1 fully saturated rings. The molecule has 2 aliphatic heterocycles. The summed E-state index contributed by atoms with van der Waals surface area (Å²) in [6.07, 6.45) is 4.31. The van der Waals surface area contributed by atoms with Crippen molar-refractivity contribution in [3.63, 3.8) is 0 Å². The van der Waals surface area contributed by atoms with E-state index < -0.39 is 5.60 Å². The van der Waals surface area contributed by atoms with Crippen molar-refractivity contribution in [2.45, 2.75) is 38.2 Å². The molecule has 2 aromatic carbocycles.